The molecule has 1 unspecified atom stereocenters. The first-order valence-electron chi connectivity index (χ1n) is 6.70. The van der Waals surface area contributed by atoms with E-state index in [0.717, 1.165) is 58.9 Å². The maximum Gasteiger partial charge on any atom is 0.410 e. The van der Waals surface area contributed by atoms with E-state index in [0.29, 0.717) is 0 Å². The van der Waals surface area contributed by atoms with Gasteiger partial charge in [0.1, 0.15) is 6.10 Å². The topological polar surface area (TPSA) is 54.0 Å². The third-order valence-electron chi connectivity index (χ3n) is 3.46. The predicted octanol–water partition coefficient (Wildman–Crippen LogP) is -0.251. The first-order valence-corrected chi connectivity index (χ1v) is 6.70. The van der Waals surface area contributed by atoms with Crippen molar-refractivity contribution in [3.05, 3.63) is 0 Å². The normalized spacial score (nSPS) is 25.5. The Bertz CT molecular complexity index is 269. The Labute approximate surface area is 108 Å². The summed E-state index contributed by atoms with van der Waals surface area (Å²) in [4.78, 5) is 15.8. The van der Waals surface area contributed by atoms with Gasteiger partial charge >= 0.3 is 6.09 Å². The lowest BCUT2D eigenvalue weighted by Gasteiger charge is -2.27. The zero-order valence-corrected chi connectivity index (χ0v) is 11.1. The average Bonchev–Trinajstić information content (AvgIpc) is 2.76. The Balaban J connectivity index is 1.67. The van der Waals surface area contributed by atoms with Crippen LogP contribution in [-0.2, 0) is 9.47 Å². The number of carbonyl (C=O) groups is 1. The van der Waals surface area contributed by atoms with Crippen molar-refractivity contribution in [1.82, 2.24) is 15.1 Å². The van der Waals surface area contributed by atoms with Crippen molar-refractivity contribution >= 4 is 6.09 Å². The molecule has 6 nitrogen and oxygen atoms in total. The molecule has 1 atom stereocenters. The monoisotopic (exact) mass is 257 g/mol. The highest BCUT2D eigenvalue weighted by atomic mass is 16.6. The van der Waals surface area contributed by atoms with E-state index in [1.807, 2.05) is 11.9 Å². The molecule has 0 aromatic heterocycles. The fraction of sp³-hybridized carbons (Fsp3) is 0.917. The minimum atomic E-state index is -0.163. The second-order valence-electron chi connectivity index (χ2n) is 4.80. The van der Waals surface area contributed by atoms with E-state index in [1.54, 1.807) is 0 Å². The summed E-state index contributed by atoms with van der Waals surface area (Å²) in [6.07, 6.45) is 0.773. The van der Waals surface area contributed by atoms with Crippen molar-refractivity contribution < 1.29 is 14.3 Å². The van der Waals surface area contributed by atoms with Crippen molar-refractivity contribution in [3.8, 4) is 0 Å². The van der Waals surface area contributed by atoms with Crippen LogP contribution >= 0.6 is 0 Å². The maximum absolute atomic E-state index is 11.7. The first kappa shape index (κ1) is 13.6. The molecule has 2 fully saturated rings. The zero-order valence-electron chi connectivity index (χ0n) is 11.1. The Morgan fingerprint density at radius 3 is 2.83 bits per heavy atom. The second kappa shape index (κ2) is 6.92. The Morgan fingerprint density at radius 2 is 2.11 bits per heavy atom. The number of nitrogens with zero attached hydrogens (tertiary/aromatic N) is 2. The number of rotatable bonds is 6. The minimum absolute atomic E-state index is 0.0506. The summed E-state index contributed by atoms with van der Waals surface area (Å²) < 4.78 is 10.6. The summed E-state index contributed by atoms with van der Waals surface area (Å²) in [5, 5.41) is 3.08. The van der Waals surface area contributed by atoms with Crippen LogP contribution in [0.1, 0.15) is 6.42 Å². The van der Waals surface area contributed by atoms with E-state index >= 15 is 0 Å². The van der Waals surface area contributed by atoms with E-state index in [9.17, 15) is 4.79 Å². The van der Waals surface area contributed by atoms with E-state index < -0.39 is 0 Å². The van der Waals surface area contributed by atoms with E-state index in [-0.39, 0.29) is 12.2 Å². The molecular weight excluding hydrogens is 234 g/mol. The highest BCUT2D eigenvalue weighted by Crippen LogP contribution is 2.13. The molecule has 0 aromatic carbocycles. The fourth-order valence-corrected chi connectivity index (χ4v) is 2.30. The van der Waals surface area contributed by atoms with E-state index in [2.05, 4.69) is 10.2 Å². The van der Waals surface area contributed by atoms with Crippen LogP contribution in [0.5, 0.6) is 0 Å². The maximum atomic E-state index is 11.7. The number of ether oxygens (including phenoxy) is 2. The van der Waals surface area contributed by atoms with Gasteiger partial charge in [0.2, 0.25) is 0 Å². The SMILES string of the molecule is CNCCC1CN(CCN2CCOCC2)C(=O)O1. The van der Waals surface area contributed by atoms with Gasteiger partial charge in [-0.2, -0.15) is 0 Å². The molecule has 0 spiro atoms. The summed E-state index contributed by atoms with van der Waals surface area (Å²) in [5.74, 6) is 0. The van der Waals surface area contributed by atoms with Crippen molar-refractivity contribution in [2.24, 2.45) is 0 Å². The van der Waals surface area contributed by atoms with E-state index in [4.69, 9.17) is 9.47 Å². The largest absolute Gasteiger partial charge is 0.444 e. The molecule has 18 heavy (non-hydrogen) atoms. The molecule has 2 aliphatic heterocycles. The number of nitrogens with one attached hydrogen (secondary N) is 1. The molecule has 0 aliphatic carbocycles. The molecule has 0 bridgehead atoms. The third kappa shape index (κ3) is 3.83. The first-order chi connectivity index (χ1) is 8.79. The van der Waals surface area contributed by atoms with Gasteiger partial charge in [0.25, 0.3) is 0 Å². The molecule has 6 heteroatoms. The highest BCUT2D eigenvalue weighted by Gasteiger charge is 2.30. The van der Waals surface area contributed by atoms with Crippen LogP contribution in [-0.4, -0.2) is 81.5 Å². The Kier molecular flexibility index (Phi) is 5.22. The molecule has 1 amide bonds. The number of hydrogen-bond donors (Lipinski definition) is 1. The lowest BCUT2D eigenvalue weighted by Crippen LogP contribution is -2.41. The quantitative estimate of drug-likeness (QED) is 0.711. The van der Waals surface area contributed by atoms with Gasteiger partial charge in [-0.1, -0.05) is 0 Å². The summed E-state index contributed by atoms with van der Waals surface area (Å²) in [6.45, 7) is 6.81. The van der Waals surface area contributed by atoms with Gasteiger partial charge in [0.15, 0.2) is 0 Å². The molecular formula is C12H23N3O3. The minimum Gasteiger partial charge on any atom is -0.444 e. The number of hydrogen-bond acceptors (Lipinski definition) is 5. The summed E-state index contributed by atoms with van der Waals surface area (Å²) in [6, 6.07) is 0. The van der Waals surface area contributed by atoms with Gasteiger partial charge in [-0.05, 0) is 20.0 Å². The molecule has 2 aliphatic rings. The van der Waals surface area contributed by atoms with Crippen molar-refractivity contribution in [1.29, 1.82) is 0 Å². The summed E-state index contributed by atoms with van der Waals surface area (Å²) in [7, 11) is 1.91. The Hall–Kier alpha value is -0.850. The number of cyclic esters (lactones) is 1. The van der Waals surface area contributed by atoms with Gasteiger partial charge in [-0.3, -0.25) is 4.90 Å². The molecule has 1 N–H and O–H groups in total. The molecule has 2 heterocycles. The van der Waals surface area contributed by atoms with Gasteiger partial charge < -0.3 is 19.7 Å². The van der Waals surface area contributed by atoms with Crippen LogP contribution in [0.2, 0.25) is 0 Å². The van der Waals surface area contributed by atoms with Crippen LogP contribution in [0, 0.1) is 0 Å². The van der Waals surface area contributed by atoms with Gasteiger partial charge in [-0.15, -0.1) is 0 Å². The van der Waals surface area contributed by atoms with Crippen LogP contribution < -0.4 is 5.32 Å². The number of morpholine rings is 1. The fourth-order valence-electron chi connectivity index (χ4n) is 2.30. The zero-order chi connectivity index (χ0) is 12.8. The van der Waals surface area contributed by atoms with Gasteiger partial charge in [0.05, 0.1) is 19.8 Å². The molecule has 104 valence electrons. The van der Waals surface area contributed by atoms with Gasteiger partial charge in [0, 0.05) is 26.2 Å². The van der Waals surface area contributed by atoms with Crippen molar-refractivity contribution in [3.63, 3.8) is 0 Å². The van der Waals surface area contributed by atoms with E-state index in [1.165, 1.54) is 0 Å². The lowest BCUT2D eigenvalue weighted by molar-refractivity contribution is 0.0353. The molecule has 0 radical (unpaired) electrons. The highest BCUT2D eigenvalue weighted by molar-refractivity contribution is 5.69. The molecule has 0 aromatic rings. The standard InChI is InChI=1S/C12H23N3O3/c1-13-3-2-11-10-15(12(16)18-11)5-4-14-6-8-17-9-7-14/h11,13H,2-10H2,1H3. The summed E-state index contributed by atoms with van der Waals surface area (Å²) in [5.41, 5.74) is 0. The lowest BCUT2D eigenvalue weighted by atomic mass is 10.2. The van der Waals surface area contributed by atoms with Crippen molar-refractivity contribution in [2.75, 3.05) is 59.5 Å². The average molecular weight is 257 g/mol. The van der Waals surface area contributed by atoms with Crippen LogP contribution in [0.25, 0.3) is 0 Å². The smallest absolute Gasteiger partial charge is 0.410 e. The molecule has 2 saturated heterocycles. The predicted molar refractivity (Wildman–Crippen MR) is 67.6 cm³/mol. The van der Waals surface area contributed by atoms with Crippen LogP contribution in [0.3, 0.4) is 0 Å². The second-order valence-corrected chi connectivity index (χ2v) is 4.80. The Morgan fingerprint density at radius 1 is 1.33 bits per heavy atom. The summed E-state index contributed by atoms with van der Waals surface area (Å²) >= 11 is 0. The van der Waals surface area contributed by atoms with Crippen LogP contribution in [0.15, 0.2) is 0 Å². The number of carbonyl (C=O) groups excluding carboxylic acids is 1. The molecule has 0 saturated carbocycles. The van der Waals surface area contributed by atoms with Crippen molar-refractivity contribution in [2.45, 2.75) is 12.5 Å². The number of amides is 1. The third-order valence-corrected chi connectivity index (χ3v) is 3.46. The van der Waals surface area contributed by atoms with Gasteiger partial charge in [-0.25, -0.2) is 4.79 Å². The molecule has 2 rings (SSSR count). The van der Waals surface area contributed by atoms with Crippen LogP contribution in [0.4, 0.5) is 4.79 Å².